The van der Waals surface area contributed by atoms with Crippen molar-refractivity contribution >= 4 is 11.7 Å². The third-order valence-corrected chi connectivity index (χ3v) is 5.54. The van der Waals surface area contributed by atoms with Gasteiger partial charge in [-0.05, 0) is 60.4 Å². The predicted molar refractivity (Wildman–Crippen MR) is 133 cm³/mol. The minimum absolute atomic E-state index is 0.271. The molecule has 2 N–H and O–H groups in total. The van der Waals surface area contributed by atoms with Crippen LogP contribution in [0, 0.1) is 24.1 Å². The third kappa shape index (κ3) is 5.87. The Bertz CT molecular complexity index is 1380. The molecule has 6 nitrogen and oxygen atoms in total. The number of carbonyl (C=O) groups is 1. The quantitative estimate of drug-likeness (QED) is 0.380. The van der Waals surface area contributed by atoms with E-state index in [1.54, 1.807) is 30.6 Å². The first-order chi connectivity index (χ1) is 17.0. The molecule has 2 aromatic heterocycles. The van der Waals surface area contributed by atoms with Crippen molar-refractivity contribution in [2.75, 3.05) is 11.9 Å². The molecule has 35 heavy (non-hydrogen) atoms. The number of aromatic nitrogens is 2. The number of hydrogen-bond donors (Lipinski definition) is 2. The summed E-state index contributed by atoms with van der Waals surface area (Å²) in [5.74, 6) is -0.151. The molecule has 0 aliphatic heterocycles. The molecule has 0 aliphatic rings. The van der Waals surface area contributed by atoms with Crippen LogP contribution in [0.5, 0.6) is 0 Å². The molecule has 0 aliphatic carbocycles. The van der Waals surface area contributed by atoms with Crippen LogP contribution in [0.15, 0.2) is 79.1 Å². The SMILES string of the molecule is Cc1cc(-c2ccccc2C#N)nc(NCCc2cccc(F)c2)c1C(=O)NCc1cccnc1. The van der Waals surface area contributed by atoms with Gasteiger partial charge in [0.05, 0.1) is 22.9 Å². The van der Waals surface area contributed by atoms with Gasteiger partial charge in [-0.2, -0.15) is 5.26 Å². The summed E-state index contributed by atoms with van der Waals surface area (Å²) in [5, 5.41) is 15.7. The normalized spacial score (nSPS) is 10.4. The summed E-state index contributed by atoms with van der Waals surface area (Å²) >= 11 is 0. The van der Waals surface area contributed by atoms with Crippen LogP contribution in [-0.2, 0) is 13.0 Å². The number of nitriles is 1. The molecule has 174 valence electrons. The monoisotopic (exact) mass is 465 g/mol. The van der Waals surface area contributed by atoms with E-state index in [0.29, 0.717) is 47.7 Å². The van der Waals surface area contributed by atoms with Crippen LogP contribution in [0.3, 0.4) is 0 Å². The van der Waals surface area contributed by atoms with Crippen molar-refractivity contribution < 1.29 is 9.18 Å². The summed E-state index contributed by atoms with van der Waals surface area (Å²) in [6.07, 6.45) is 3.93. The van der Waals surface area contributed by atoms with Gasteiger partial charge in [-0.15, -0.1) is 0 Å². The summed E-state index contributed by atoms with van der Waals surface area (Å²) in [6, 6.07) is 21.3. The Morgan fingerprint density at radius 2 is 1.89 bits per heavy atom. The second-order valence-electron chi connectivity index (χ2n) is 8.06. The highest BCUT2D eigenvalue weighted by Gasteiger charge is 2.19. The standard InChI is InChI=1S/C28H24FN5O/c1-19-14-25(24-10-3-2-8-22(24)16-30)34-27(32-13-11-20-6-4-9-23(29)15-20)26(19)28(35)33-18-21-7-5-12-31-17-21/h2-10,12,14-15,17H,11,13,18H2,1H3,(H,32,34)(H,33,35). The summed E-state index contributed by atoms with van der Waals surface area (Å²) in [4.78, 5) is 22.0. The number of halogens is 1. The first-order valence-corrected chi connectivity index (χ1v) is 11.2. The Morgan fingerprint density at radius 3 is 2.66 bits per heavy atom. The molecule has 2 aromatic carbocycles. The Morgan fingerprint density at radius 1 is 1.06 bits per heavy atom. The number of nitrogens with zero attached hydrogens (tertiary/aromatic N) is 3. The fourth-order valence-corrected chi connectivity index (χ4v) is 3.82. The van der Waals surface area contributed by atoms with Crippen LogP contribution >= 0.6 is 0 Å². The van der Waals surface area contributed by atoms with E-state index >= 15 is 0 Å². The van der Waals surface area contributed by atoms with Crippen LogP contribution in [0.1, 0.15) is 32.6 Å². The van der Waals surface area contributed by atoms with Crippen molar-refractivity contribution in [3.63, 3.8) is 0 Å². The zero-order chi connectivity index (χ0) is 24.6. The predicted octanol–water partition coefficient (Wildman–Crippen LogP) is 5.05. The zero-order valence-electron chi connectivity index (χ0n) is 19.3. The molecule has 0 bridgehead atoms. The highest BCUT2D eigenvalue weighted by molar-refractivity contribution is 6.00. The lowest BCUT2D eigenvalue weighted by molar-refractivity contribution is 0.0951. The van der Waals surface area contributed by atoms with Crippen molar-refractivity contribution in [1.29, 1.82) is 5.26 Å². The van der Waals surface area contributed by atoms with Gasteiger partial charge in [0, 0.05) is 31.0 Å². The molecule has 0 radical (unpaired) electrons. The number of carbonyl (C=O) groups excluding carboxylic acids is 1. The fourth-order valence-electron chi connectivity index (χ4n) is 3.82. The van der Waals surface area contributed by atoms with E-state index in [4.69, 9.17) is 4.98 Å². The van der Waals surface area contributed by atoms with Gasteiger partial charge in [-0.25, -0.2) is 9.37 Å². The van der Waals surface area contributed by atoms with Crippen LogP contribution in [0.4, 0.5) is 10.2 Å². The molecular formula is C28H24FN5O. The molecule has 0 unspecified atom stereocenters. The maximum absolute atomic E-state index is 13.6. The van der Waals surface area contributed by atoms with Gasteiger partial charge >= 0.3 is 0 Å². The number of hydrogen-bond acceptors (Lipinski definition) is 5. The Balaban J connectivity index is 1.64. The second-order valence-corrected chi connectivity index (χ2v) is 8.06. The molecule has 1 amide bonds. The minimum Gasteiger partial charge on any atom is -0.369 e. The molecular weight excluding hydrogens is 441 g/mol. The molecule has 7 heteroatoms. The highest BCUT2D eigenvalue weighted by atomic mass is 19.1. The number of amides is 1. The van der Waals surface area contributed by atoms with Crippen molar-refractivity contribution in [1.82, 2.24) is 15.3 Å². The molecule has 2 heterocycles. The lowest BCUT2D eigenvalue weighted by Crippen LogP contribution is -2.26. The van der Waals surface area contributed by atoms with Crippen LogP contribution in [0.2, 0.25) is 0 Å². The first kappa shape index (κ1) is 23.6. The molecule has 0 spiro atoms. The van der Waals surface area contributed by atoms with Crippen molar-refractivity contribution in [3.05, 3.63) is 113 Å². The van der Waals surface area contributed by atoms with E-state index in [1.807, 2.05) is 43.3 Å². The number of nitrogens with one attached hydrogen (secondary N) is 2. The summed E-state index contributed by atoms with van der Waals surface area (Å²) in [6.45, 7) is 2.62. The molecule has 0 saturated carbocycles. The number of rotatable bonds is 8. The van der Waals surface area contributed by atoms with Gasteiger partial charge in [0.2, 0.25) is 0 Å². The van der Waals surface area contributed by atoms with E-state index < -0.39 is 0 Å². The van der Waals surface area contributed by atoms with Crippen molar-refractivity contribution in [2.24, 2.45) is 0 Å². The average molecular weight is 466 g/mol. The summed E-state index contributed by atoms with van der Waals surface area (Å²) < 4.78 is 13.6. The lowest BCUT2D eigenvalue weighted by Gasteiger charge is -2.16. The summed E-state index contributed by atoms with van der Waals surface area (Å²) in [5.41, 5.74) is 4.64. The average Bonchev–Trinajstić information content (AvgIpc) is 2.87. The molecule has 4 rings (SSSR count). The molecule has 4 aromatic rings. The third-order valence-electron chi connectivity index (χ3n) is 5.54. The number of anilines is 1. The van der Waals surface area contributed by atoms with Crippen molar-refractivity contribution in [2.45, 2.75) is 19.9 Å². The van der Waals surface area contributed by atoms with E-state index in [-0.39, 0.29) is 11.7 Å². The van der Waals surface area contributed by atoms with Gasteiger partial charge in [0.15, 0.2) is 0 Å². The molecule has 0 saturated heterocycles. The fraction of sp³-hybridized carbons (Fsp3) is 0.143. The van der Waals surface area contributed by atoms with Crippen LogP contribution in [0.25, 0.3) is 11.3 Å². The topological polar surface area (TPSA) is 90.7 Å². The Kier molecular flexibility index (Phi) is 7.44. The maximum Gasteiger partial charge on any atom is 0.255 e. The largest absolute Gasteiger partial charge is 0.369 e. The first-order valence-electron chi connectivity index (χ1n) is 11.2. The van der Waals surface area contributed by atoms with E-state index in [0.717, 1.165) is 16.7 Å². The van der Waals surface area contributed by atoms with E-state index in [9.17, 15) is 14.4 Å². The molecule has 0 atom stereocenters. The number of aryl methyl sites for hydroxylation is 1. The highest BCUT2D eigenvalue weighted by Crippen LogP contribution is 2.28. The second kappa shape index (κ2) is 11.0. The van der Waals surface area contributed by atoms with Gasteiger partial charge in [0.1, 0.15) is 11.6 Å². The maximum atomic E-state index is 13.6. The Labute approximate surface area is 203 Å². The van der Waals surface area contributed by atoms with Gasteiger partial charge in [-0.1, -0.05) is 36.4 Å². The van der Waals surface area contributed by atoms with Crippen molar-refractivity contribution in [3.8, 4) is 17.3 Å². The molecule has 0 fully saturated rings. The van der Waals surface area contributed by atoms with Gasteiger partial charge in [0.25, 0.3) is 5.91 Å². The number of benzene rings is 2. The van der Waals surface area contributed by atoms with Crippen LogP contribution < -0.4 is 10.6 Å². The van der Waals surface area contributed by atoms with Crippen LogP contribution in [-0.4, -0.2) is 22.4 Å². The smallest absolute Gasteiger partial charge is 0.255 e. The van der Waals surface area contributed by atoms with E-state index in [1.165, 1.54) is 12.1 Å². The van der Waals surface area contributed by atoms with Gasteiger partial charge < -0.3 is 10.6 Å². The number of pyridine rings is 2. The van der Waals surface area contributed by atoms with Gasteiger partial charge in [-0.3, -0.25) is 9.78 Å². The minimum atomic E-state index is -0.290. The van der Waals surface area contributed by atoms with E-state index in [2.05, 4.69) is 21.7 Å². The Hall–Kier alpha value is -4.57. The summed E-state index contributed by atoms with van der Waals surface area (Å²) in [7, 11) is 0. The lowest BCUT2D eigenvalue weighted by atomic mass is 10.0. The zero-order valence-corrected chi connectivity index (χ0v) is 19.3.